The van der Waals surface area contributed by atoms with Crippen LogP contribution in [0.2, 0.25) is 0 Å². The third-order valence-corrected chi connectivity index (χ3v) is 7.57. The Morgan fingerprint density at radius 1 is 1.23 bits per heavy atom. The van der Waals surface area contributed by atoms with E-state index in [2.05, 4.69) is 5.32 Å². The minimum absolute atomic E-state index is 0.0576. The monoisotopic (exact) mass is 381 g/mol. The summed E-state index contributed by atoms with van der Waals surface area (Å²) in [5.41, 5.74) is 8.09. The summed E-state index contributed by atoms with van der Waals surface area (Å²) in [7, 11) is -3.57. The van der Waals surface area contributed by atoms with Crippen LogP contribution in [0, 0.1) is 25.7 Å². The van der Waals surface area contributed by atoms with Gasteiger partial charge in [0.25, 0.3) is 0 Å². The van der Waals surface area contributed by atoms with E-state index in [1.165, 1.54) is 4.31 Å². The van der Waals surface area contributed by atoms with E-state index < -0.39 is 10.0 Å². The minimum Gasteiger partial charge on any atom is -0.330 e. The quantitative estimate of drug-likeness (QED) is 0.759. The first-order valence-corrected chi connectivity index (χ1v) is 10.8. The van der Waals surface area contributed by atoms with Gasteiger partial charge in [0.05, 0.1) is 4.90 Å². The lowest BCUT2D eigenvalue weighted by Gasteiger charge is -2.22. The number of carbonyl (C=O) groups is 1. The van der Waals surface area contributed by atoms with Crippen LogP contribution in [0.25, 0.3) is 0 Å². The average Bonchev–Trinajstić information content (AvgIpc) is 3.08. The van der Waals surface area contributed by atoms with Crippen LogP contribution < -0.4 is 11.1 Å². The molecular formula is C19H31N3O3S. The highest BCUT2D eigenvalue weighted by atomic mass is 32.2. The molecule has 26 heavy (non-hydrogen) atoms. The second kappa shape index (κ2) is 8.50. The molecule has 2 atom stereocenters. The number of sulfonamides is 1. The smallest absolute Gasteiger partial charge is 0.243 e. The lowest BCUT2D eigenvalue weighted by Crippen LogP contribution is -2.31. The zero-order chi connectivity index (χ0) is 19.5. The van der Waals surface area contributed by atoms with Gasteiger partial charge in [0.1, 0.15) is 0 Å². The molecule has 1 fully saturated rings. The first-order valence-electron chi connectivity index (χ1n) is 9.38. The molecule has 0 unspecified atom stereocenters. The van der Waals surface area contributed by atoms with Crippen LogP contribution in [0.1, 0.15) is 44.2 Å². The Bertz CT molecular complexity index is 758. The van der Waals surface area contributed by atoms with Crippen LogP contribution in [0.4, 0.5) is 5.69 Å². The normalized spacial score (nSPS) is 20.5. The number of anilines is 1. The zero-order valence-electron chi connectivity index (χ0n) is 16.2. The highest BCUT2D eigenvalue weighted by Crippen LogP contribution is 2.33. The van der Waals surface area contributed by atoms with Crippen molar-refractivity contribution in [2.45, 2.75) is 51.9 Å². The number of hydrogen-bond acceptors (Lipinski definition) is 4. The van der Waals surface area contributed by atoms with Crippen LogP contribution >= 0.6 is 0 Å². The summed E-state index contributed by atoms with van der Waals surface area (Å²) in [4.78, 5) is 13.0. The fourth-order valence-corrected chi connectivity index (χ4v) is 5.28. The van der Waals surface area contributed by atoms with E-state index in [9.17, 15) is 13.2 Å². The molecule has 0 radical (unpaired) electrons. The molecule has 146 valence electrons. The summed E-state index contributed by atoms with van der Waals surface area (Å²) in [6, 6.07) is 3.26. The third kappa shape index (κ3) is 4.10. The van der Waals surface area contributed by atoms with Gasteiger partial charge in [-0.15, -0.1) is 0 Å². The molecule has 1 aliphatic rings. The SMILES string of the molecule is CCN(CC)S(=O)(=O)c1cc(C)c(C)c(NC(=O)[C@@H]2CCC[C@@H]2CN)c1. The van der Waals surface area contributed by atoms with Crippen molar-refractivity contribution in [3.8, 4) is 0 Å². The summed E-state index contributed by atoms with van der Waals surface area (Å²) in [5.74, 6) is 0.0552. The van der Waals surface area contributed by atoms with Crippen molar-refractivity contribution >= 4 is 21.6 Å². The molecule has 1 aliphatic carbocycles. The van der Waals surface area contributed by atoms with Crippen LogP contribution in [-0.4, -0.2) is 38.3 Å². The summed E-state index contributed by atoms with van der Waals surface area (Å²) >= 11 is 0. The lowest BCUT2D eigenvalue weighted by molar-refractivity contribution is -0.120. The molecule has 1 amide bonds. The largest absolute Gasteiger partial charge is 0.330 e. The van der Waals surface area contributed by atoms with Crippen LogP contribution in [-0.2, 0) is 14.8 Å². The maximum atomic E-state index is 12.8. The Balaban J connectivity index is 2.35. The predicted octanol–water partition coefficient (Wildman–Crippen LogP) is 2.65. The minimum atomic E-state index is -3.57. The Morgan fingerprint density at radius 3 is 2.46 bits per heavy atom. The van der Waals surface area contributed by atoms with Gasteiger partial charge < -0.3 is 11.1 Å². The topological polar surface area (TPSA) is 92.5 Å². The van der Waals surface area contributed by atoms with E-state index in [0.717, 1.165) is 30.4 Å². The van der Waals surface area contributed by atoms with E-state index in [1.54, 1.807) is 12.1 Å². The fraction of sp³-hybridized carbons (Fsp3) is 0.632. The van der Waals surface area contributed by atoms with Crippen molar-refractivity contribution in [2.24, 2.45) is 17.6 Å². The van der Waals surface area contributed by atoms with Crippen molar-refractivity contribution in [1.29, 1.82) is 0 Å². The second-order valence-corrected chi connectivity index (χ2v) is 8.96. The number of carbonyl (C=O) groups excluding carboxylic acids is 1. The Morgan fingerprint density at radius 2 is 1.88 bits per heavy atom. The number of hydrogen-bond donors (Lipinski definition) is 2. The average molecular weight is 382 g/mol. The molecule has 0 bridgehead atoms. The van der Waals surface area contributed by atoms with E-state index in [4.69, 9.17) is 5.73 Å². The molecule has 6 nitrogen and oxygen atoms in total. The molecule has 0 heterocycles. The van der Waals surface area contributed by atoms with Crippen LogP contribution in [0.15, 0.2) is 17.0 Å². The fourth-order valence-electron chi connectivity index (χ4n) is 3.71. The maximum absolute atomic E-state index is 12.8. The molecule has 2 rings (SSSR count). The zero-order valence-corrected chi connectivity index (χ0v) is 17.0. The Hall–Kier alpha value is -1.44. The summed E-state index contributed by atoms with van der Waals surface area (Å²) in [6.45, 7) is 8.72. The number of nitrogens with two attached hydrogens (primary N) is 1. The number of benzene rings is 1. The molecule has 0 saturated heterocycles. The Kier molecular flexibility index (Phi) is 6.82. The summed E-state index contributed by atoms with van der Waals surface area (Å²) in [5, 5.41) is 2.97. The van der Waals surface area contributed by atoms with Crippen molar-refractivity contribution in [2.75, 3.05) is 25.0 Å². The Labute approximate surface area is 157 Å². The number of nitrogens with zero attached hydrogens (tertiary/aromatic N) is 1. The van der Waals surface area contributed by atoms with Crippen LogP contribution in [0.3, 0.4) is 0 Å². The van der Waals surface area contributed by atoms with E-state index >= 15 is 0 Å². The third-order valence-electron chi connectivity index (χ3n) is 5.54. The number of amides is 1. The van der Waals surface area contributed by atoms with Crippen molar-refractivity contribution in [3.63, 3.8) is 0 Å². The summed E-state index contributed by atoms with van der Waals surface area (Å²) in [6.07, 6.45) is 2.82. The van der Waals surface area contributed by atoms with Gasteiger partial charge in [0.2, 0.25) is 15.9 Å². The van der Waals surface area contributed by atoms with Crippen molar-refractivity contribution in [3.05, 3.63) is 23.3 Å². The maximum Gasteiger partial charge on any atom is 0.243 e. The van der Waals surface area contributed by atoms with E-state index in [0.29, 0.717) is 25.3 Å². The highest BCUT2D eigenvalue weighted by Gasteiger charge is 2.32. The second-order valence-electron chi connectivity index (χ2n) is 7.02. The van der Waals surface area contributed by atoms with Gasteiger partial charge in [-0.2, -0.15) is 4.31 Å². The lowest BCUT2D eigenvalue weighted by atomic mass is 9.95. The summed E-state index contributed by atoms with van der Waals surface area (Å²) < 4.78 is 27.1. The predicted molar refractivity (Wildman–Crippen MR) is 105 cm³/mol. The van der Waals surface area contributed by atoms with Gasteiger partial charge in [-0.25, -0.2) is 8.42 Å². The molecule has 7 heteroatoms. The molecule has 0 aromatic heterocycles. The molecular weight excluding hydrogens is 350 g/mol. The molecule has 1 aromatic carbocycles. The first-order chi connectivity index (χ1) is 12.3. The van der Waals surface area contributed by atoms with Crippen molar-refractivity contribution < 1.29 is 13.2 Å². The number of aryl methyl sites for hydroxylation is 1. The van der Waals surface area contributed by atoms with Crippen molar-refractivity contribution in [1.82, 2.24) is 4.31 Å². The van der Waals surface area contributed by atoms with Gasteiger partial charge in [0.15, 0.2) is 0 Å². The van der Waals surface area contributed by atoms with E-state index in [1.807, 2.05) is 27.7 Å². The first kappa shape index (κ1) is 20.9. The van der Waals surface area contributed by atoms with Gasteiger partial charge in [-0.05, 0) is 62.4 Å². The van der Waals surface area contributed by atoms with Gasteiger partial charge in [-0.3, -0.25) is 4.79 Å². The molecule has 0 spiro atoms. The number of rotatable bonds is 7. The highest BCUT2D eigenvalue weighted by molar-refractivity contribution is 7.89. The van der Waals surface area contributed by atoms with Gasteiger partial charge >= 0.3 is 0 Å². The number of nitrogens with one attached hydrogen (secondary N) is 1. The molecule has 0 aliphatic heterocycles. The molecule has 3 N–H and O–H groups in total. The van der Waals surface area contributed by atoms with Gasteiger partial charge in [-0.1, -0.05) is 20.3 Å². The molecule has 1 aromatic rings. The van der Waals surface area contributed by atoms with E-state index in [-0.39, 0.29) is 22.6 Å². The van der Waals surface area contributed by atoms with Crippen LogP contribution in [0.5, 0.6) is 0 Å². The van der Waals surface area contributed by atoms with Gasteiger partial charge in [0, 0.05) is 24.7 Å². The molecule has 1 saturated carbocycles. The standard InChI is InChI=1S/C19H31N3O3S/c1-5-22(6-2)26(24,25)16-10-13(3)14(4)18(11-16)21-19(23)17-9-7-8-15(17)12-20/h10-11,15,17H,5-9,12,20H2,1-4H3,(H,21,23)/t15-,17-/m1/s1.